The lowest BCUT2D eigenvalue weighted by molar-refractivity contribution is 0.0911. The van der Waals surface area contributed by atoms with Crippen molar-refractivity contribution in [3.8, 4) is 0 Å². The van der Waals surface area contributed by atoms with Crippen molar-refractivity contribution in [1.29, 1.82) is 0 Å². The highest BCUT2D eigenvalue weighted by molar-refractivity contribution is 6.30. The lowest BCUT2D eigenvalue weighted by atomic mass is 9.93. The van der Waals surface area contributed by atoms with Crippen LogP contribution < -0.4 is 5.32 Å². The van der Waals surface area contributed by atoms with Gasteiger partial charge in [-0.15, -0.1) is 0 Å². The van der Waals surface area contributed by atoms with Gasteiger partial charge in [0.2, 0.25) is 0 Å². The van der Waals surface area contributed by atoms with Crippen molar-refractivity contribution < 1.29 is 9.18 Å². The van der Waals surface area contributed by atoms with E-state index < -0.39 is 5.54 Å². The molecule has 0 aliphatic rings. The summed E-state index contributed by atoms with van der Waals surface area (Å²) < 4.78 is 13.8. The van der Waals surface area contributed by atoms with Crippen molar-refractivity contribution in [2.75, 3.05) is 0 Å². The van der Waals surface area contributed by atoms with Gasteiger partial charge in [0, 0.05) is 16.1 Å². The van der Waals surface area contributed by atoms with E-state index in [9.17, 15) is 9.18 Å². The molecule has 2 aromatic carbocycles. The predicted molar refractivity (Wildman–Crippen MR) is 78.3 cm³/mol. The van der Waals surface area contributed by atoms with Crippen molar-refractivity contribution in [2.24, 2.45) is 0 Å². The average Bonchev–Trinajstić information content (AvgIpc) is 2.39. The molecule has 0 bridgehead atoms. The molecule has 0 unspecified atom stereocenters. The molecule has 0 spiro atoms. The largest absolute Gasteiger partial charge is 0.343 e. The Hall–Kier alpha value is -1.87. The highest BCUT2D eigenvalue weighted by atomic mass is 35.5. The molecule has 0 fully saturated rings. The van der Waals surface area contributed by atoms with Gasteiger partial charge < -0.3 is 5.32 Å². The maximum Gasteiger partial charge on any atom is 0.251 e. The van der Waals surface area contributed by atoms with E-state index >= 15 is 0 Å². The number of carbonyl (C=O) groups excluding carboxylic acids is 1. The molecule has 1 amide bonds. The predicted octanol–water partition coefficient (Wildman–Crippen LogP) is 4.14. The van der Waals surface area contributed by atoms with Crippen molar-refractivity contribution >= 4 is 17.5 Å². The summed E-state index contributed by atoms with van der Waals surface area (Å²) in [6.45, 7) is 3.53. The summed E-state index contributed by atoms with van der Waals surface area (Å²) in [4.78, 5) is 12.2. The lowest BCUT2D eigenvalue weighted by Gasteiger charge is -2.27. The van der Waals surface area contributed by atoms with Crippen molar-refractivity contribution in [3.05, 3.63) is 70.5 Å². The second kappa shape index (κ2) is 5.63. The normalized spacial score (nSPS) is 11.2. The standard InChI is InChI=1S/C16H15ClFNO/c1-16(2,13-5-3-4-6-14(13)18)19-15(20)11-7-9-12(17)10-8-11/h3-10H,1-2H3,(H,19,20). The van der Waals surface area contributed by atoms with Crippen LogP contribution in [-0.2, 0) is 5.54 Å². The fourth-order valence-corrected chi connectivity index (χ4v) is 2.12. The molecule has 0 atom stereocenters. The molecule has 0 heterocycles. The first-order valence-electron chi connectivity index (χ1n) is 6.23. The van der Waals surface area contributed by atoms with E-state index in [1.54, 1.807) is 56.3 Å². The molecule has 2 rings (SSSR count). The molecule has 2 aromatic rings. The fraction of sp³-hybridized carbons (Fsp3) is 0.188. The Labute approximate surface area is 122 Å². The Balaban J connectivity index is 2.22. The SMILES string of the molecule is CC(C)(NC(=O)c1ccc(Cl)cc1)c1ccccc1F. The van der Waals surface area contributed by atoms with Crippen LogP contribution in [0, 0.1) is 5.82 Å². The van der Waals surface area contributed by atoms with Crippen molar-refractivity contribution in [1.82, 2.24) is 5.32 Å². The molecule has 2 nitrogen and oxygen atoms in total. The molecular weight excluding hydrogens is 277 g/mol. The maximum atomic E-state index is 13.8. The van der Waals surface area contributed by atoms with Crippen LogP contribution in [-0.4, -0.2) is 5.91 Å². The van der Waals surface area contributed by atoms with E-state index in [1.807, 2.05) is 0 Å². The second-order valence-corrected chi connectivity index (χ2v) is 5.50. The first-order chi connectivity index (χ1) is 9.40. The minimum absolute atomic E-state index is 0.269. The molecule has 0 aliphatic carbocycles. The maximum absolute atomic E-state index is 13.8. The number of hydrogen-bond acceptors (Lipinski definition) is 1. The van der Waals surface area contributed by atoms with Gasteiger partial charge in [-0.3, -0.25) is 4.79 Å². The van der Waals surface area contributed by atoms with Crippen LogP contribution in [0.25, 0.3) is 0 Å². The number of hydrogen-bond donors (Lipinski definition) is 1. The molecule has 4 heteroatoms. The summed E-state index contributed by atoms with van der Waals surface area (Å²) in [6.07, 6.45) is 0. The summed E-state index contributed by atoms with van der Waals surface area (Å²) in [5.41, 5.74) is 0.128. The topological polar surface area (TPSA) is 29.1 Å². The van der Waals surface area contributed by atoms with Crippen LogP contribution in [0.5, 0.6) is 0 Å². The molecule has 20 heavy (non-hydrogen) atoms. The molecule has 0 radical (unpaired) electrons. The number of benzene rings is 2. The van der Waals surface area contributed by atoms with Gasteiger partial charge in [-0.05, 0) is 44.2 Å². The second-order valence-electron chi connectivity index (χ2n) is 5.07. The third kappa shape index (κ3) is 3.17. The van der Waals surface area contributed by atoms with E-state index in [4.69, 9.17) is 11.6 Å². The van der Waals surface area contributed by atoms with E-state index in [1.165, 1.54) is 6.07 Å². The monoisotopic (exact) mass is 291 g/mol. The van der Waals surface area contributed by atoms with E-state index in [2.05, 4.69) is 5.32 Å². The Morgan fingerprint density at radius 3 is 2.30 bits per heavy atom. The quantitative estimate of drug-likeness (QED) is 0.904. The van der Waals surface area contributed by atoms with Gasteiger partial charge in [0.25, 0.3) is 5.91 Å². The smallest absolute Gasteiger partial charge is 0.251 e. The molecule has 104 valence electrons. The summed E-state index contributed by atoms with van der Waals surface area (Å²) in [5, 5.41) is 3.39. The van der Waals surface area contributed by atoms with Gasteiger partial charge in [-0.1, -0.05) is 29.8 Å². The third-order valence-corrected chi connectivity index (χ3v) is 3.33. The van der Waals surface area contributed by atoms with E-state index in [0.29, 0.717) is 16.1 Å². The van der Waals surface area contributed by atoms with Gasteiger partial charge in [-0.25, -0.2) is 4.39 Å². The van der Waals surface area contributed by atoms with Gasteiger partial charge in [0.05, 0.1) is 5.54 Å². The minimum Gasteiger partial charge on any atom is -0.343 e. The number of rotatable bonds is 3. The lowest BCUT2D eigenvalue weighted by Crippen LogP contribution is -2.41. The Morgan fingerprint density at radius 1 is 1.10 bits per heavy atom. The summed E-state index contributed by atoms with van der Waals surface area (Å²) in [6, 6.07) is 13.0. The van der Waals surface area contributed by atoms with Crippen LogP contribution in [0.4, 0.5) is 4.39 Å². The van der Waals surface area contributed by atoms with Crippen LogP contribution in [0.15, 0.2) is 48.5 Å². The Bertz CT molecular complexity index is 623. The van der Waals surface area contributed by atoms with Crippen LogP contribution in [0.3, 0.4) is 0 Å². The zero-order valence-corrected chi connectivity index (χ0v) is 12.0. The van der Waals surface area contributed by atoms with Gasteiger partial charge in [-0.2, -0.15) is 0 Å². The van der Waals surface area contributed by atoms with Crippen molar-refractivity contribution in [3.63, 3.8) is 0 Å². The minimum atomic E-state index is -0.804. The number of amides is 1. The Morgan fingerprint density at radius 2 is 1.70 bits per heavy atom. The zero-order valence-electron chi connectivity index (χ0n) is 11.3. The van der Waals surface area contributed by atoms with Gasteiger partial charge >= 0.3 is 0 Å². The van der Waals surface area contributed by atoms with E-state index in [-0.39, 0.29) is 11.7 Å². The third-order valence-electron chi connectivity index (χ3n) is 3.08. The van der Waals surface area contributed by atoms with Crippen molar-refractivity contribution in [2.45, 2.75) is 19.4 Å². The highest BCUT2D eigenvalue weighted by Crippen LogP contribution is 2.23. The summed E-state index contributed by atoms with van der Waals surface area (Å²) in [5.74, 6) is -0.608. The molecule has 0 aromatic heterocycles. The molecule has 1 N–H and O–H groups in total. The first-order valence-corrected chi connectivity index (χ1v) is 6.61. The zero-order chi connectivity index (χ0) is 14.8. The van der Waals surface area contributed by atoms with E-state index in [0.717, 1.165) is 0 Å². The fourth-order valence-electron chi connectivity index (χ4n) is 1.99. The number of nitrogens with one attached hydrogen (secondary N) is 1. The highest BCUT2D eigenvalue weighted by Gasteiger charge is 2.26. The number of carbonyl (C=O) groups is 1. The molecule has 0 aliphatic heterocycles. The van der Waals surface area contributed by atoms with Crippen LogP contribution in [0.1, 0.15) is 29.8 Å². The summed E-state index contributed by atoms with van der Waals surface area (Å²) >= 11 is 5.78. The van der Waals surface area contributed by atoms with Crippen LogP contribution in [0.2, 0.25) is 5.02 Å². The average molecular weight is 292 g/mol. The van der Waals surface area contributed by atoms with Gasteiger partial charge in [0.15, 0.2) is 0 Å². The summed E-state index contributed by atoms with van der Waals surface area (Å²) in [7, 11) is 0. The molecular formula is C16H15ClFNO. The molecule has 0 saturated heterocycles. The number of halogens is 2. The molecule has 0 saturated carbocycles. The Kier molecular flexibility index (Phi) is 4.09. The first kappa shape index (κ1) is 14.5. The van der Waals surface area contributed by atoms with Crippen LogP contribution >= 0.6 is 11.6 Å². The van der Waals surface area contributed by atoms with Gasteiger partial charge in [0.1, 0.15) is 5.82 Å².